The Balaban J connectivity index is 1.86. The maximum absolute atomic E-state index is 13.6. The Labute approximate surface area is 191 Å². The summed E-state index contributed by atoms with van der Waals surface area (Å²) in [5, 5.41) is 11.2. The van der Waals surface area contributed by atoms with Gasteiger partial charge in [0.1, 0.15) is 23.1 Å². The first-order valence-electron chi connectivity index (χ1n) is 10.6. The van der Waals surface area contributed by atoms with Crippen LogP contribution < -0.4 is 9.64 Å². The average molecular weight is 446 g/mol. The summed E-state index contributed by atoms with van der Waals surface area (Å²) in [4.78, 5) is 31.6. The van der Waals surface area contributed by atoms with Crippen molar-refractivity contribution >= 4 is 23.3 Å². The summed E-state index contributed by atoms with van der Waals surface area (Å²) >= 11 is 0. The number of hydrogen-bond acceptors (Lipinski definition) is 5. The van der Waals surface area contributed by atoms with E-state index in [1.165, 1.54) is 35.4 Å². The molecule has 1 N–H and O–H groups in total. The lowest BCUT2D eigenvalue weighted by Gasteiger charge is -2.24. The summed E-state index contributed by atoms with van der Waals surface area (Å²) in [6, 6.07) is 14.6. The predicted octanol–water partition coefficient (Wildman–Crippen LogP) is 4.94. The van der Waals surface area contributed by atoms with E-state index in [4.69, 9.17) is 4.74 Å². The highest BCUT2D eigenvalue weighted by atomic mass is 19.1. The summed E-state index contributed by atoms with van der Waals surface area (Å²) in [7, 11) is 0. The maximum Gasteiger partial charge on any atom is 0.301 e. The number of carbonyl (C=O) groups excluding carboxylic acids is 2. The molecular formula is C26H23FN2O4. The third-order valence-corrected chi connectivity index (χ3v) is 5.44. The maximum atomic E-state index is 13.6. The lowest BCUT2D eigenvalue weighted by molar-refractivity contribution is -0.132. The van der Waals surface area contributed by atoms with Crippen molar-refractivity contribution in [1.82, 2.24) is 4.98 Å². The van der Waals surface area contributed by atoms with Gasteiger partial charge in [0, 0.05) is 11.8 Å². The molecule has 33 heavy (non-hydrogen) atoms. The number of carbonyl (C=O) groups is 2. The first kappa shape index (κ1) is 22.2. The van der Waals surface area contributed by atoms with Crippen LogP contribution >= 0.6 is 0 Å². The quantitative estimate of drug-likeness (QED) is 0.329. The van der Waals surface area contributed by atoms with E-state index in [9.17, 15) is 19.1 Å². The number of rotatable bonds is 6. The largest absolute Gasteiger partial charge is 0.507 e. The zero-order valence-electron chi connectivity index (χ0n) is 18.3. The van der Waals surface area contributed by atoms with Gasteiger partial charge in [-0.1, -0.05) is 25.1 Å². The normalized spacial score (nSPS) is 17.4. The van der Waals surface area contributed by atoms with Gasteiger partial charge in [-0.25, -0.2) is 9.37 Å². The molecule has 2 aromatic carbocycles. The second-order valence-electron chi connectivity index (χ2n) is 7.74. The van der Waals surface area contributed by atoms with Gasteiger partial charge in [-0.2, -0.15) is 0 Å². The Morgan fingerprint density at radius 1 is 1.12 bits per heavy atom. The first-order valence-corrected chi connectivity index (χ1v) is 10.6. The molecule has 1 fully saturated rings. The number of aryl methyl sites for hydroxylation is 1. The highest BCUT2D eigenvalue weighted by molar-refractivity contribution is 6.51. The highest BCUT2D eigenvalue weighted by Gasteiger charge is 2.47. The lowest BCUT2D eigenvalue weighted by atomic mass is 9.94. The van der Waals surface area contributed by atoms with Crippen LogP contribution in [0, 0.1) is 12.7 Å². The molecular weight excluding hydrogens is 423 g/mol. The molecule has 1 saturated heterocycles. The smallest absolute Gasteiger partial charge is 0.301 e. The second-order valence-corrected chi connectivity index (χ2v) is 7.74. The molecule has 0 spiro atoms. The Kier molecular flexibility index (Phi) is 6.22. The van der Waals surface area contributed by atoms with Crippen molar-refractivity contribution < 1.29 is 23.8 Å². The van der Waals surface area contributed by atoms with Crippen molar-refractivity contribution in [2.45, 2.75) is 26.3 Å². The third kappa shape index (κ3) is 4.22. The van der Waals surface area contributed by atoms with E-state index in [0.29, 0.717) is 23.5 Å². The number of ketones is 1. The average Bonchev–Trinajstić information content (AvgIpc) is 3.09. The number of benzene rings is 2. The molecule has 2 heterocycles. The molecule has 1 aliphatic heterocycles. The van der Waals surface area contributed by atoms with Gasteiger partial charge in [-0.05, 0) is 66.9 Å². The molecule has 0 aliphatic carbocycles. The van der Waals surface area contributed by atoms with Crippen LogP contribution in [0.25, 0.3) is 5.76 Å². The fourth-order valence-corrected chi connectivity index (χ4v) is 3.85. The number of pyridine rings is 1. The van der Waals surface area contributed by atoms with Gasteiger partial charge in [0.15, 0.2) is 0 Å². The molecule has 1 amide bonds. The van der Waals surface area contributed by atoms with E-state index >= 15 is 0 Å². The third-order valence-electron chi connectivity index (χ3n) is 5.44. The van der Waals surface area contributed by atoms with Crippen molar-refractivity contribution in [3.8, 4) is 5.75 Å². The molecule has 0 bridgehead atoms. The molecule has 7 heteroatoms. The van der Waals surface area contributed by atoms with E-state index in [1.54, 1.807) is 36.4 Å². The zero-order chi connectivity index (χ0) is 23.5. The summed E-state index contributed by atoms with van der Waals surface area (Å²) < 4.78 is 19.3. The monoisotopic (exact) mass is 446 g/mol. The van der Waals surface area contributed by atoms with E-state index in [1.807, 2.05) is 13.8 Å². The Bertz CT molecular complexity index is 1220. The summed E-state index contributed by atoms with van der Waals surface area (Å²) in [5.41, 5.74) is 1.55. The molecule has 0 unspecified atom stereocenters. The second kappa shape index (κ2) is 9.24. The standard InChI is InChI=1S/C26H23FN2O4/c1-3-14-33-20-12-9-18(15-16(20)2)24(30)22-23(17-7-10-19(27)11-8-17)29(26(32)25(22)31)21-6-4-5-13-28-21/h4-13,15,23,30H,3,14H2,1-2H3/t23-/m0/s1. The van der Waals surface area contributed by atoms with E-state index in [-0.39, 0.29) is 17.2 Å². The molecule has 0 saturated carbocycles. The predicted molar refractivity (Wildman–Crippen MR) is 122 cm³/mol. The molecule has 1 aliphatic rings. The minimum absolute atomic E-state index is 0.0844. The minimum Gasteiger partial charge on any atom is -0.507 e. The van der Waals surface area contributed by atoms with Crippen LogP contribution in [-0.4, -0.2) is 28.4 Å². The molecule has 4 rings (SSSR count). The van der Waals surface area contributed by atoms with Gasteiger partial charge in [0.2, 0.25) is 0 Å². The van der Waals surface area contributed by atoms with Gasteiger partial charge >= 0.3 is 5.91 Å². The van der Waals surface area contributed by atoms with Crippen LogP contribution in [-0.2, 0) is 9.59 Å². The van der Waals surface area contributed by atoms with Gasteiger partial charge in [-0.15, -0.1) is 0 Å². The number of aromatic nitrogens is 1. The van der Waals surface area contributed by atoms with Crippen molar-refractivity contribution in [1.29, 1.82) is 0 Å². The fourth-order valence-electron chi connectivity index (χ4n) is 3.85. The summed E-state index contributed by atoms with van der Waals surface area (Å²) in [6.45, 7) is 4.41. The fraction of sp³-hybridized carbons (Fsp3) is 0.192. The van der Waals surface area contributed by atoms with Crippen molar-refractivity contribution in [3.63, 3.8) is 0 Å². The summed E-state index contributed by atoms with van der Waals surface area (Å²) in [5.74, 6) is -1.48. The van der Waals surface area contributed by atoms with Crippen molar-refractivity contribution in [2.24, 2.45) is 0 Å². The van der Waals surface area contributed by atoms with E-state index in [0.717, 1.165) is 12.0 Å². The molecule has 3 aromatic rings. The lowest BCUT2D eigenvalue weighted by Crippen LogP contribution is -2.30. The van der Waals surface area contributed by atoms with E-state index < -0.39 is 23.5 Å². The Morgan fingerprint density at radius 3 is 2.52 bits per heavy atom. The molecule has 168 valence electrons. The van der Waals surface area contributed by atoms with Crippen LogP contribution in [0.4, 0.5) is 10.2 Å². The molecule has 6 nitrogen and oxygen atoms in total. The molecule has 1 atom stereocenters. The van der Waals surface area contributed by atoms with Crippen LogP contribution in [0.3, 0.4) is 0 Å². The van der Waals surface area contributed by atoms with Gasteiger partial charge < -0.3 is 9.84 Å². The van der Waals surface area contributed by atoms with Crippen LogP contribution in [0.5, 0.6) is 5.75 Å². The van der Waals surface area contributed by atoms with Crippen molar-refractivity contribution in [3.05, 3.63) is 94.9 Å². The van der Waals surface area contributed by atoms with Crippen LogP contribution in [0.2, 0.25) is 0 Å². The number of aliphatic hydroxyl groups excluding tert-OH is 1. The van der Waals surface area contributed by atoms with Crippen molar-refractivity contribution in [2.75, 3.05) is 11.5 Å². The van der Waals surface area contributed by atoms with Gasteiger partial charge in [0.25, 0.3) is 5.78 Å². The number of hydrogen-bond donors (Lipinski definition) is 1. The van der Waals surface area contributed by atoms with Gasteiger partial charge in [-0.3, -0.25) is 14.5 Å². The highest BCUT2D eigenvalue weighted by Crippen LogP contribution is 2.41. The minimum atomic E-state index is -0.961. The van der Waals surface area contributed by atoms with Crippen LogP contribution in [0.1, 0.15) is 36.1 Å². The molecule has 0 radical (unpaired) electrons. The number of nitrogens with zero attached hydrogens (tertiary/aromatic N) is 2. The summed E-state index contributed by atoms with van der Waals surface area (Å²) in [6.07, 6.45) is 2.37. The first-order chi connectivity index (χ1) is 15.9. The number of anilines is 1. The molecule has 1 aromatic heterocycles. The SMILES string of the molecule is CCCOc1ccc(C(O)=C2C(=O)C(=O)N(c3ccccn3)[C@H]2c2ccc(F)cc2)cc1C. The number of halogens is 1. The zero-order valence-corrected chi connectivity index (χ0v) is 18.3. The number of Topliss-reactive ketones (excluding diaryl/α,β-unsaturated/α-hetero) is 1. The Morgan fingerprint density at radius 2 is 1.88 bits per heavy atom. The Hall–Kier alpha value is -4.00. The van der Waals surface area contributed by atoms with E-state index in [2.05, 4.69) is 4.98 Å². The topological polar surface area (TPSA) is 79.7 Å². The number of aliphatic hydroxyl groups is 1. The van der Waals surface area contributed by atoms with Crippen LogP contribution in [0.15, 0.2) is 72.4 Å². The van der Waals surface area contributed by atoms with Gasteiger partial charge in [0.05, 0.1) is 18.2 Å². The number of ether oxygens (including phenoxy) is 1. The number of amides is 1.